The van der Waals surface area contributed by atoms with Crippen molar-refractivity contribution in [3.63, 3.8) is 0 Å². The summed E-state index contributed by atoms with van der Waals surface area (Å²) in [5.74, 6) is 0.600. The van der Waals surface area contributed by atoms with Gasteiger partial charge in [0.25, 0.3) is 0 Å². The molecule has 2 fully saturated rings. The van der Waals surface area contributed by atoms with Gasteiger partial charge in [-0.25, -0.2) is 4.79 Å². The fraction of sp³-hybridized carbons (Fsp3) is 0.750. The summed E-state index contributed by atoms with van der Waals surface area (Å²) < 4.78 is 7.20. The summed E-state index contributed by atoms with van der Waals surface area (Å²) in [6, 6.07) is -0.163. The maximum atomic E-state index is 12.6. The van der Waals surface area contributed by atoms with Crippen LogP contribution < -0.4 is 5.32 Å². The average molecular weight is 322 g/mol. The standard InChI is InChI=1S/C16H26N4O3/c1-16(10-21)6-12(23-3)9-20(16)15(22)17-8-14-13(11-4-5-11)7-18-19(14)2/h7,11-12,21H,4-6,8-10H2,1-3H3,(H,17,22). The Bertz CT molecular complexity index is 584. The molecule has 7 heteroatoms. The largest absolute Gasteiger partial charge is 0.394 e. The molecule has 0 bridgehead atoms. The second-order valence-corrected chi connectivity index (χ2v) is 6.93. The third-order valence-electron chi connectivity index (χ3n) is 5.14. The van der Waals surface area contributed by atoms with Gasteiger partial charge in [-0.15, -0.1) is 0 Å². The molecule has 128 valence electrons. The van der Waals surface area contributed by atoms with E-state index in [-0.39, 0.29) is 18.7 Å². The molecule has 2 heterocycles. The molecule has 2 aliphatic rings. The molecule has 1 aromatic heterocycles. The number of nitrogens with one attached hydrogen (secondary N) is 1. The lowest BCUT2D eigenvalue weighted by atomic mass is 10.00. The molecule has 2 unspecified atom stereocenters. The molecule has 1 aliphatic heterocycles. The minimum Gasteiger partial charge on any atom is -0.394 e. The molecule has 1 saturated heterocycles. The van der Waals surface area contributed by atoms with Gasteiger partial charge in [-0.3, -0.25) is 4.68 Å². The lowest BCUT2D eigenvalue weighted by Gasteiger charge is -2.33. The van der Waals surface area contributed by atoms with Crippen molar-refractivity contribution < 1.29 is 14.6 Å². The van der Waals surface area contributed by atoms with E-state index < -0.39 is 5.54 Å². The zero-order valence-corrected chi connectivity index (χ0v) is 14.1. The highest BCUT2D eigenvalue weighted by molar-refractivity contribution is 5.75. The Labute approximate surface area is 136 Å². The van der Waals surface area contributed by atoms with Crippen LogP contribution in [0.5, 0.6) is 0 Å². The summed E-state index contributed by atoms with van der Waals surface area (Å²) >= 11 is 0. The zero-order chi connectivity index (χ0) is 16.6. The van der Waals surface area contributed by atoms with Gasteiger partial charge in [-0.1, -0.05) is 0 Å². The third kappa shape index (κ3) is 3.07. The van der Waals surface area contributed by atoms with E-state index in [9.17, 15) is 9.90 Å². The second kappa shape index (κ2) is 6.13. The number of hydrogen-bond donors (Lipinski definition) is 2. The van der Waals surface area contributed by atoms with Gasteiger partial charge in [-0.05, 0) is 31.2 Å². The maximum Gasteiger partial charge on any atom is 0.318 e. The summed E-state index contributed by atoms with van der Waals surface area (Å²) in [6.45, 7) is 2.78. The van der Waals surface area contributed by atoms with Crippen LogP contribution in [0, 0.1) is 0 Å². The summed E-state index contributed by atoms with van der Waals surface area (Å²) in [5.41, 5.74) is 1.74. The lowest BCUT2D eigenvalue weighted by Crippen LogP contribution is -2.51. The number of ether oxygens (including phenoxy) is 1. The minimum atomic E-state index is -0.573. The van der Waals surface area contributed by atoms with Crippen LogP contribution in [0.2, 0.25) is 0 Å². The van der Waals surface area contributed by atoms with Gasteiger partial charge < -0.3 is 20.1 Å². The first-order valence-corrected chi connectivity index (χ1v) is 8.18. The molecule has 2 N–H and O–H groups in total. The van der Waals surface area contributed by atoms with E-state index in [1.165, 1.54) is 18.4 Å². The highest BCUT2D eigenvalue weighted by atomic mass is 16.5. The van der Waals surface area contributed by atoms with E-state index in [1.807, 2.05) is 24.9 Å². The summed E-state index contributed by atoms with van der Waals surface area (Å²) in [6.07, 6.45) is 4.94. The van der Waals surface area contributed by atoms with E-state index in [0.29, 0.717) is 25.4 Å². The summed E-state index contributed by atoms with van der Waals surface area (Å²) in [4.78, 5) is 14.3. The molecule has 1 aliphatic carbocycles. The van der Waals surface area contributed by atoms with Crippen molar-refractivity contribution in [3.05, 3.63) is 17.5 Å². The number of carbonyl (C=O) groups is 1. The quantitative estimate of drug-likeness (QED) is 0.847. The summed E-state index contributed by atoms with van der Waals surface area (Å²) in [5, 5.41) is 17.0. The normalized spacial score (nSPS) is 27.5. The van der Waals surface area contributed by atoms with Gasteiger partial charge in [0.05, 0.1) is 36.7 Å². The Balaban J connectivity index is 1.66. The molecule has 7 nitrogen and oxygen atoms in total. The van der Waals surface area contributed by atoms with Crippen molar-refractivity contribution in [3.8, 4) is 0 Å². The predicted octanol–water partition coefficient (Wildman–Crippen LogP) is 0.979. The van der Waals surface area contributed by atoms with Crippen molar-refractivity contribution >= 4 is 6.03 Å². The summed E-state index contributed by atoms with van der Waals surface area (Å²) in [7, 11) is 3.55. The van der Waals surface area contributed by atoms with Gasteiger partial charge in [-0.2, -0.15) is 5.10 Å². The van der Waals surface area contributed by atoms with Gasteiger partial charge in [0.1, 0.15) is 0 Å². The van der Waals surface area contributed by atoms with E-state index in [2.05, 4.69) is 10.4 Å². The molecular weight excluding hydrogens is 296 g/mol. The molecule has 1 aromatic rings. The molecular formula is C16H26N4O3. The third-order valence-corrected chi connectivity index (χ3v) is 5.14. The van der Waals surface area contributed by atoms with Gasteiger partial charge in [0, 0.05) is 27.1 Å². The fourth-order valence-corrected chi connectivity index (χ4v) is 3.41. The SMILES string of the molecule is COC1CN(C(=O)NCc2c(C3CC3)cnn2C)C(C)(CO)C1. The lowest BCUT2D eigenvalue weighted by molar-refractivity contribution is 0.0948. The number of aryl methyl sites for hydroxylation is 1. The van der Waals surface area contributed by atoms with Gasteiger partial charge in [0.2, 0.25) is 0 Å². The maximum absolute atomic E-state index is 12.6. The topological polar surface area (TPSA) is 79.6 Å². The second-order valence-electron chi connectivity index (χ2n) is 6.93. The van der Waals surface area contributed by atoms with Crippen molar-refractivity contribution in [1.29, 1.82) is 0 Å². The van der Waals surface area contributed by atoms with Crippen LogP contribution in [0.1, 0.15) is 43.4 Å². The number of carbonyl (C=O) groups excluding carboxylic acids is 1. The number of hydrogen-bond acceptors (Lipinski definition) is 4. The molecule has 2 atom stereocenters. The Morgan fingerprint density at radius 1 is 1.57 bits per heavy atom. The Kier molecular flexibility index (Phi) is 4.33. The molecule has 1 saturated carbocycles. The highest BCUT2D eigenvalue weighted by Crippen LogP contribution is 2.41. The minimum absolute atomic E-state index is 0.0309. The van der Waals surface area contributed by atoms with Crippen molar-refractivity contribution in [2.75, 3.05) is 20.3 Å². The number of rotatable bonds is 5. The number of aliphatic hydroxyl groups is 1. The number of nitrogens with zero attached hydrogens (tertiary/aromatic N) is 3. The fourth-order valence-electron chi connectivity index (χ4n) is 3.41. The predicted molar refractivity (Wildman–Crippen MR) is 85.0 cm³/mol. The number of methoxy groups -OCH3 is 1. The monoisotopic (exact) mass is 322 g/mol. The van der Waals surface area contributed by atoms with E-state index in [0.717, 1.165) is 5.69 Å². The van der Waals surface area contributed by atoms with Crippen LogP contribution in [0.15, 0.2) is 6.20 Å². The number of amides is 2. The van der Waals surface area contributed by atoms with Crippen LogP contribution in [0.3, 0.4) is 0 Å². The molecule has 3 rings (SSSR count). The van der Waals surface area contributed by atoms with E-state index in [4.69, 9.17) is 4.74 Å². The van der Waals surface area contributed by atoms with E-state index >= 15 is 0 Å². The van der Waals surface area contributed by atoms with E-state index in [1.54, 1.807) is 12.0 Å². The number of urea groups is 1. The Morgan fingerprint density at radius 2 is 2.30 bits per heavy atom. The van der Waals surface area contributed by atoms with Crippen molar-refractivity contribution in [2.24, 2.45) is 7.05 Å². The first kappa shape index (κ1) is 16.3. The Hall–Kier alpha value is -1.60. The average Bonchev–Trinajstić information content (AvgIpc) is 3.24. The van der Waals surface area contributed by atoms with Crippen molar-refractivity contribution in [2.45, 2.75) is 50.3 Å². The number of aliphatic hydroxyl groups excluding tert-OH is 1. The molecule has 23 heavy (non-hydrogen) atoms. The smallest absolute Gasteiger partial charge is 0.318 e. The van der Waals surface area contributed by atoms with Crippen LogP contribution in [0.4, 0.5) is 4.79 Å². The van der Waals surface area contributed by atoms with Crippen molar-refractivity contribution in [1.82, 2.24) is 20.0 Å². The number of aromatic nitrogens is 2. The van der Waals surface area contributed by atoms with Crippen LogP contribution in [-0.4, -0.2) is 57.7 Å². The van der Waals surface area contributed by atoms with Gasteiger partial charge >= 0.3 is 6.03 Å². The zero-order valence-electron chi connectivity index (χ0n) is 14.1. The van der Waals surface area contributed by atoms with Gasteiger partial charge in [0.15, 0.2) is 0 Å². The molecule has 0 aromatic carbocycles. The first-order chi connectivity index (χ1) is 11.0. The molecule has 2 amide bonds. The number of likely N-dealkylation sites (tertiary alicyclic amines) is 1. The molecule has 0 spiro atoms. The highest BCUT2D eigenvalue weighted by Gasteiger charge is 2.44. The van der Waals surface area contributed by atoms with Crippen LogP contribution in [-0.2, 0) is 18.3 Å². The van der Waals surface area contributed by atoms with Crippen LogP contribution >= 0.6 is 0 Å². The van der Waals surface area contributed by atoms with Crippen LogP contribution in [0.25, 0.3) is 0 Å². The molecule has 0 radical (unpaired) electrons. The first-order valence-electron chi connectivity index (χ1n) is 8.18. The Morgan fingerprint density at radius 3 is 2.91 bits per heavy atom.